The molecule has 1 N–H and O–H groups in total. The van der Waals surface area contributed by atoms with Crippen molar-refractivity contribution in [2.75, 3.05) is 32.7 Å². The topological polar surface area (TPSA) is 69.7 Å². The molecule has 0 unspecified atom stereocenters. The number of piperazine rings is 1. The molecule has 0 aliphatic carbocycles. The van der Waals surface area contributed by atoms with Crippen LogP contribution in [0.5, 0.6) is 0 Å². The van der Waals surface area contributed by atoms with Crippen LogP contribution in [0.15, 0.2) is 29.2 Å². The fourth-order valence-electron chi connectivity index (χ4n) is 2.69. The molecule has 2 rings (SSSR count). The van der Waals surface area contributed by atoms with Crippen molar-refractivity contribution >= 4 is 15.9 Å². The van der Waals surface area contributed by atoms with E-state index >= 15 is 0 Å². The van der Waals surface area contributed by atoms with Crippen LogP contribution in [0.4, 0.5) is 0 Å². The zero-order valence-corrected chi connectivity index (χ0v) is 15.7. The summed E-state index contributed by atoms with van der Waals surface area (Å²) >= 11 is 0. The van der Waals surface area contributed by atoms with Crippen LogP contribution in [0, 0.1) is 0 Å². The molecule has 1 aliphatic rings. The van der Waals surface area contributed by atoms with Gasteiger partial charge in [-0.05, 0) is 51.6 Å². The van der Waals surface area contributed by atoms with Crippen LogP contribution in [0.2, 0.25) is 0 Å². The van der Waals surface area contributed by atoms with Crippen molar-refractivity contribution < 1.29 is 13.2 Å². The molecule has 1 aliphatic heterocycles. The Morgan fingerprint density at radius 3 is 2.08 bits per heavy atom. The highest BCUT2D eigenvalue weighted by Gasteiger charge is 2.24. The summed E-state index contributed by atoms with van der Waals surface area (Å²) in [6, 6.07) is 6.16. The summed E-state index contributed by atoms with van der Waals surface area (Å²) in [4.78, 5) is 16.8. The van der Waals surface area contributed by atoms with Crippen LogP contribution < -0.4 is 4.72 Å². The summed E-state index contributed by atoms with van der Waals surface area (Å²) < 4.78 is 27.2. The average molecular weight is 353 g/mol. The zero-order chi connectivity index (χ0) is 18.0. The van der Waals surface area contributed by atoms with Gasteiger partial charge in [0.2, 0.25) is 10.0 Å². The minimum Gasteiger partial charge on any atom is -0.336 e. The number of carbonyl (C=O) groups excluding carboxylic acids is 1. The van der Waals surface area contributed by atoms with E-state index in [1.807, 2.05) is 4.90 Å². The first-order chi connectivity index (χ1) is 11.1. The van der Waals surface area contributed by atoms with E-state index in [1.54, 1.807) is 32.9 Å². The average Bonchev–Trinajstić information content (AvgIpc) is 2.52. The minimum atomic E-state index is -3.58. The van der Waals surface area contributed by atoms with Gasteiger partial charge < -0.3 is 9.80 Å². The number of hydrogen-bond donors (Lipinski definition) is 1. The van der Waals surface area contributed by atoms with Gasteiger partial charge in [-0.3, -0.25) is 4.79 Å². The van der Waals surface area contributed by atoms with Gasteiger partial charge in [-0.1, -0.05) is 6.92 Å². The third kappa shape index (κ3) is 4.78. The van der Waals surface area contributed by atoms with Crippen molar-refractivity contribution in [2.45, 2.75) is 38.1 Å². The van der Waals surface area contributed by atoms with E-state index in [0.29, 0.717) is 18.7 Å². The summed E-state index contributed by atoms with van der Waals surface area (Å²) in [6.45, 7) is 11.7. The normalized spacial score (nSPS) is 17.1. The second kappa shape index (κ2) is 7.21. The Kier molecular flexibility index (Phi) is 5.67. The molecule has 1 saturated heterocycles. The van der Waals surface area contributed by atoms with Crippen LogP contribution in [-0.2, 0) is 10.0 Å². The largest absolute Gasteiger partial charge is 0.336 e. The number of amides is 1. The second-order valence-electron chi connectivity index (χ2n) is 7.11. The van der Waals surface area contributed by atoms with Crippen LogP contribution in [0.1, 0.15) is 38.1 Å². The molecule has 1 aromatic rings. The molecular weight excluding hydrogens is 326 g/mol. The Balaban J connectivity index is 2.08. The maximum Gasteiger partial charge on any atom is 0.253 e. The van der Waals surface area contributed by atoms with Gasteiger partial charge in [0.15, 0.2) is 0 Å². The molecule has 1 amide bonds. The third-order valence-corrected chi connectivity index (χ3v) is 5.73. The summed E-state index contributed by atoms with van der Waals surface area (Å²) in [5, 5.41) is 0. The number of nitrogens with zero attached hydrogens (tertiary/aromatic N) is 2. The van der Waals surface area contributed by atoms with Crippen molar-refractivity contribution in [3.05, 3.63) is 29.8 Å². The van der Waals surface area contributed by atoms with Gasteiger partial charge in [-0.25, -0.2) is 13.1 Å². The zero-order valence-electron chi connectivity index (χ0n) is 14.9. The van der Waals surface area contributed by atoms with Gasteiger partial charge in [0, 0.05) is 37.3 Å². The summed E-state index contributed by atoms with van der Waals surface area (Å²) in [5.74, 6) is -0.0431. The van der Waals surface area contributed by atoms with Gasteiger partial charge in [0.1, 0.15) is 0 Å². The minimum absolute atomic E-state index is 0.0431. The highest BCUT2D eigenvalue weighted by Crippen LogP contribution is 2.15. The van der Waals surface area contributed by atoms with Crippen molar-refractivity contribution in [2.24, 2.45) is 0 Å². The van der Waals surface area contributed by atoms with E-state index in [4.69, 9.17) is 0 Å². The Morgan fingerprint density at radius 2 is 1.62 bits per heavy atom. The van der Waals surface area contributed by atoms with E-state index in [9.17, 15) is 13.2 Å². The fourth-order valence-corrected chi connectivity index (χ4v) is 4.11. The number of hydrogen-bond acceptors (Lipinski definition) is 4. The monoisotopic (exact) mass is 353 g/mol. The number of benzene rings is 1. The first-order valence-electron chi connectivity index (χ1n) is 8.28. The van der Waals surface area contributed by atoms with Crippen LogP contribution in [0.3, 0.4) is 0 Å². The number of carbonyl (C=O) groups is 1. The quantitative estimate of drug-likeness (QED) is 0.891. The van der Waals surface area contributed by atoms with E-state index in [1.165, 1.54) is 12.1 Å². The summed E-state index contributed by atoms with van der Waals surface area (Å²) in [5.41, 5.74) is -0.0265. The molecule has 24 heavy (non-hydrogen) atoms. The maximum atomic E-state index is 12.5. The lowest BCUT2D eigenvalue weighted by molar-refractivity contribution is 0.0643. The third-order valence-electron chi connectivity index (χ3n) is 3.96. The number of sulfonamides is 1. The lowest BCUT2D eigenvalue weighted by atomic mass is 10.1. The SMILES string of the molecule is CCN1CCN(C(=O)c2ccc(S(=O)(=O)NC(C)(C)C)cc2)CC1. The van der Waals surface area contributed by atoms with Crippen LogP contribution in [0.25, 0.3) is 0 Å². The molecule has 1 fully saturated rings. The summed E-state index contributed by atoms with van der Waals surface area (Å²) in [7, 11) is -3.58. The Morgan fingerprint density at radius 1 is 1.08 bits per heavy atom. The standard InChI is InChI=1S/C17H27N3O3S/c1-5-19-10-12-20(13-11-19)16(21)14-6-8-15(9-7-14)24(22,23)18-17(2,3)4/h6-9,18H,5,10-13H2,1-4H3. The predicted octanol–water partition coefficient (Wildman–Crippen LogP) is 1.54. The predicted molar refractivity (Wildman–Crippen MR) is 94.5 cm³/mol. The fraction of sp³-hybridized carbons (Fsp3) is 0.588. The van der Waals surface area contributed by atoms with Gasteiger partial charge in [0.25, 0.3) is 5.91 Å². The maximum absolute atomic E-state index is 12.5. The van der Waals surface area contributed by atoms with Gasteiger partial charge in [-0.2, -0.15) is 0 Å². The Hall–Kier alpha value is -1.44. The molecule has 0 spiro atoms. The van der Waals surface area contributed by atoms with E-state index in [-0.39, 0.29) is 10.8 Å². The molecule has 6 nitrogen and oxygen atoms in total. The highest BCUT2D eigenvalue weighted by molar-refractivity contribution is 7.89. The van der Waals surface area contributed by atoms with Gasteiger partial charge >= 0.3 is 0 Å². The molecule has 0 aromatic heterocycles. The van der Waals surface area contributed by atoms with Crippen molar-refractivity contribution in [1.29, 1.82) is 0 Å². The smallest absolute Gasteiger partial charge is 0.253 e. The van der Waals surface area contributed by atoms with E-state index in [2.05, 4.69) is 16.5 Å². The van der Waals surface area contributed by atoms with Crippen LogP contribution >= 0.6 is 0 Å². The first kappa shape index (κ1) is 18.9. The summed E-state index contributed by atoms with van der Waals surface area (Å²) in [6.07, 6.45) is 0. The molecule has 1 aromatic carbocycles. The van der Waals surface area contributed by atoms with Gasteiger partial charge in [0.05, 0.1) is 4.90 Å². The molecule has 1 heterocycles. The Bertz CT molecular complexity index is 670. The lowest BCUT2D eigenvalue weighted by Crippen LogP contribution is -2.48. The first-order valence-corrected chi connectivity index (χ1v) is 9.76. The molecule has 7 heteroatoms. The molecule has 0 bridgehead atoms. The Labute approximate surface area is 144 Å². The van der Waals surface area contributed by atoms with Crippen molar-refractivity contribution in [3.8, 4) is 0 Å². The molecular formula is C17H27N3O3S. The van der Waals surface area contributed by atoms with E-state index in [0.717, 1.165) is 19.6 Å². The van der Waals surface area contributed by atoms with E-state index < -0.39 is 15.6 Å². The molecule has 0 saturated carbocycles. The molecule has 134 valence electrons. The highest BCUT2D eigenvalue weighted by atomic mass is 32.2. The molecule has 0 atom stereocenters. The lowest BCUT2D eigenvalue weighted by Gasteiger charge is -2.34. The number of nitrogens with one attached hydrogen (secondary N) is 1. The van der Waals surface area contributed by atoms with Crippen LogP contribution in [-0.4, -0.2) is 62.4 Å². The number of rotatable bonds is 4. The number of likely N-dealkylation sites (N-methyl/N-ethyl adjacent to an activating group) is 1. The second-order valence-corrected chi connectivity index (χ2v) is 8.79. The van der Waals surface area contributed by atoms with Crippen molar-refractivity contribution in [1.82, 2.24) is 14.5 Å². The van der Waals surface area contributed by atoms with Gasteiger partial charge in [-0.15, -0.1) is 0 Å². The van der Waals surface area contributed by atoms with Crippen molar-refractivity contribution in [3.63, 3.8) is 0 Å². The molecule has 0 radical (unpaired) electrons.